The van der Waals surface area contributed by atoms with Crippen LogP contribution in [0, 0.1) is 0 Å². The number of hydrogen-bond donors (Lipinski definition) is 2. The first-order valence-corrected chi connectivity index (χ1v) is 16.2. The van der Waals surface area contributed by atoms with Gasteiger partial charge in [0.1, 0.15) is 11.4 Å². The number of H-pyrrole nitrogens is 2. The summed E-state index contributed by atoms with van der Waals surface area (Å²) in [5.74, 6) is -0.693. The van der Waals surface area contributed by atoms with E-state index >= 15 is 4.57 Å². The highest BCUT2D eigenvalue weighted by atomic mass is 31.2. The van der Waals surface area contributed by atoms with E-state index in [1.165, 1.54) is 0 Å². The molecule has 1 unspecified atom stereocenters. The summed E-state index contributed by atoms with van der Waals surface area (Å²) in [5.41, 5.74) is 4.97. The smallest absolute Gasteiger partial charge is 0.170 e. The minimum absolute atomic E-state index is 0.693. The summed E-state index contributed by atoms with van der Waals surface area (Å²) < 4.78 is 18.3. The fourth-order valence-electron chi connectivity index (χ4n) is 6.48. The van der Waals surface area contributed by atoms with Crippen LogP contribution in [-0.4, -0.2) is 14.5 Å². The van der Waals surface area contributed by atoms with Crippen molar-refractivity contribution in [3.05, 3.63) is 151 Å². The standard InChI is InChI=1S/C37H29N4OP/c1-41-33-23-13-10-20-29(33)35(34-28-19-9-12-22-32(28)39-36(34)41)40-37(30-24-38-31-21-11-8-18-27(30)31)43(42,25-14-4-2-5-15-25)26-16-6-3-7-17-26/h2-24,37-39H,1H3/b40-35+. The lowest BCUT2D eigenvalue weighted by molar-refractivity contribution is 0.579. The molecule has 8 aromatic rings. The second-order valence-electron chi connectivity index (χ2n) is 10.9. The molecule has 3 aromatic heterocycles. The van der Waals surface area contributed by atoms with Crippen LogP contribution in [0.1, 0.15) is 11.3 Å². The molecule has 0 aliphatic heterocycles. The lowest BCUT2D eigenvalue weighted by Gasteiger charge is -2.26. The Labute approximate surface area is 248 Å². The third-order valence-electron chi connectivity index (χ3n) is 8.55. The summed E-state index contributed by atoms with van der Waals surface area (Å²) in [5, 5.41) is 6.54. The molecule has 5 aromatic carbocycles. The molecule has 0 spiro atoms. The highest BCUT2D eigenvalue weighted by molar-refractivity contribution is 7.79. The summed E-state index contributed by atoms with van der Waals surface area (Å²) in [6.45, 7) is 0. The van der Waals surface area contributed by atoms with E-state index in [4.69, 9.17) is 4.99 Å². The molecule has 0 fully saturated rings. The molecule has 5 nitrogen and oxygen atoms in total. The predicted octanol–water partition coefficient (Wildman–Crippen LogP) is 7.91. The molecule has 0 bridgehead atoms. The van der Waals surface area contributed by atoms with E-state index in [0.717, 1.165) is 65.3 Å². The van der Waals surface area contributed by atoms with E-state index in [0.29, 0.717) is 0 Å². The third-order valence-corrected chi connectivity index (χ3v) is 11.8. The average Bonchev–Trinajstić information content (AvgIpc) is 3.68. The van der Waals surface area contributed by atoms with Gasteiger partial charge in [0, 0.05) is 56.6 Å². The maximum atomic E-state index is 16.1. The van der Waals surface area contributed by atoms with E-state index in [2.05, 4.69) is 76.2 Å². The van der Waals surface area contributed by atoms with E-state index < -0.39 is 12.9 Å². The number of aryl methyl sites for hydroxylation is 1. The third kappa shape index (κ3) is 3.93. The highest BCUT2D eigenvalue weighted by Crippen LogP contribution is 2.59. The number of nitrogens with one attached hydrogen (secondary N) is 2. The normalized spacial score (nSPS) is 13.4. The first kappa shape index (κ1) is 25.6. The SMILES string of the molecule is Cn1c2ccccc2/c(=N\C(c2c[nH]c3ccccc23)P(=O)(c2ccccc2)c2ccccc2)c2c3ccccc3[nH]c21. The summed E-state index contributed by atoms with van der Waals surface area (Å²) >= 11 is 0. The largest absolute Gasteiger partial charge is 0.361 e. The quantitative estimate of drug-likeness (QED) is 0.201. The zero-order chi connectivity index (χ0) is 29.0. The van der Waals surface area contributed by atoms with Gasteiger partial charge >= 0.3 is 0 Å². The number of aromatic nitrogens is 3. The van der Waals surface area contributed by atoms with Gasteiger partial charge in [0.25, 0.3) is 0 Å². The van der Waals surface area contributed by atoms with Crippen LogP contribution in [-0.2, 0) is 11.6 Å². The van der Waals surface area contributed by atoms with Gasteiger partial charge in [-0.1, -0.05) is 115 Å². The Bertz CT molecular complexity index is 2360. The predicted molar refractivity (Wildman–Crippen MR) is 179 cm³/mol. The maximum Gasteiger partial charge on any atom is 0.170 e. The van der Waals surface area contributed by atoms with Crippen molar-refractivity contribution in [2.45, 2.75) is 5.78 Å². The van der Waals surface area contributed by atoms with Crippen LogP contribution in [0.4, 0.5) is 0 Å². The molecule has 0 amide bonds. The van der Waals surface area contributed by atoms with Gasteiger partial charge in [-0.25, -0.2) is 0 Å². The van der Waals surface area contributed by atoms with Crippen molar-refractivity contribution in [3.63, 3.8) is 0 Å². The summed E-state index contributed by atoms with van der Waals surface area (Å²) in [6.07, 6.45) is 1.99. The molecule has 0 aliphatic carbocycles. The number of hydrogen-bond acceptors (Lipinski definition) is 2. The van der Waals surface area contributed by atoms with Crippen LogP contribution in [0.2, 0.25) is 0 Å². The second kappa shape index (κ2) is 10.0. The Morgan fingerprint density at radius 1 is 0.651 bits per heavy atom. The molecule has 0 aliphatic rings. The molecule has 1 atom stereocenters. The number of benzene rings is 5. The lowest BCUT2D eigenvalue weighted by atomic mass is 10.1. The van der Waals surface area contributed by atoms with Gasteiger partial charge in [-0.3, -0.25) is 4.99 Å². The maximum absolute atomic E-state index is 16.1. The van der Waals surface area contributed by atoms with Gasteiger partial charge in [0.2, 0.25) is 0 Å². The Morgan fingerprint density at radius 3 is 1.91 bits per heavy atom. The van der Waals surface area contributed by atoms with Crippen LogP contribution >= 0.6 is 7.14 Å². The molecule has 8 rings (SSSR count). The molecular formula is C37H29N4OP. The lowest BCUT2D eigenvalue weighted by Crippen LogP contribution is -2.22. The van der Waals surface area contributed by atoms with Crippen molar-refractivity contribution in [2.75, 3.05) is 0 Å². The summed E-state index contributed by atoms with van der Waals surface area (Å²) in [4.78, 5) is 12.8. The van der Waals surface area contributed by atoms with Crippen LogP contribution in [0.5, 0.6) is 0 Å². The van der Waals surface area contributed by atoms with Crippen molar-refractivity contribution in [1.29, 1.82) is 0 Å². The monoisotopic (exact) mass is 576 g/mol. The first-order chi connectivity index (χ1) is 21.1. The minimum Gasteiger partial charge on any atom is -0.361 e. The molecule has 2 N–H and O–H groups in total. The fraction of sp³-hybridized carbons (Fsp3) is 0.0541. The number of aromatic amines is 2. The molecule has 3 heterocycles. The molecule has 0 saturated carbocycles. The van der Waals surface area contributed by atoms with Gasteiger partial charge < -0.3 is 19.1 Å². The van der Waals surface area contributed by atoms with Crippen LogP contribution in [0.3, 0.4) is 0 Å². The van der Waals surface area contributed by atoms with Gasteiger partial charge in [0.05, 0.1) is 16.3 Å². The van der Waals surface area contributed by atoms with E-state index in [1.807, 2.05) is 85.1 Å². The minimum atomic E-state index is -3.41. The number of para-hydroxylation sites is 3. The van der Waals surface area contributed by atoms with Gasteiger partial charge in [0.15, 0.2) is 7.14 Å². The van der Waals surface area contributed by atoms with Gasteiger partial charge in [-0.05, 0) is 18.2 Å². The zero-order valence-corrected chi connectivity index (χ0v) is 24.5. The summed E-state index contributed by atoms with van der Waals surface area (Å²) in [7, 11) is -1.32. The van der Waals surface area contributed by atoms with Crippen LogP contribution in [0.25, 0.3) is 43.7 Å². The Morgan fingerprint density at radius 2 is 1.21 bits per heavy atom. The van der Waals surface area contributed by atoms with E-state index in [9.17, 15) is 0 Å². The van der Waals surface area contributed by atoms with Crippen molar-refractivity contribution in [3.8, 4) is 0 Å². The van der Waals surface area contributed by atoms with Crippen molar-refractivity contribution < 1.29 is 4.57 Å². The molecule has 6 heteroatoms. The highest BCUT2D eigenvalue weighted by Gasteiger charge is 2.39. The van der Waals surface area contributed by atoms with Crippen molar-refractivity contribution in [1.82, 2.24) is 14.5 Å². The Balaban J connectivity index is 1.59. The van der Waals surface area contributed by atoms with Gasteiger partial charge in [-0.2, -0.15) is 0 Å². The molecule has 208 valence electrons. The Kier molecular flexibility index (Phi) is 5.95. The molecule has 0 saturated heterocycles. The number of nitrogens with zero attached hydrogens (tertiary/aromatic N) is 2. The first-order valence-electron chi connectivity index (χ1n) is 14.4. The summed E-state index contributed by atoms with van der Waals surface area (Å²) in [6, 6.07) is 44.6. The topological polar surface area (TPSA) is 65.9 Å². The fourth-order valence-corrected chi connectivity index (χ4v) is 9.46. The molecule has 0 radical (unpaired) electrons. The molecular weight excluding hydrogens is 547 g/mol. The number of fused-ring (bicyclic) bond motifs is 5. The second-order valence-corrected chi connectivity index (χ2v) is 13.8. The number of pyridine rings is 1. The van der Waals surface area contributed by atoms with Crippen molar-refractivity contribution >= 4 is 61.5 Å². The van der Waals surface area contributed by atoms with Crippen molar-refractivity contribution in [2.24, 2.45) is 12.0 Å². The van der Waals surface area contributed by atoms with Gasteiger partial charge in [-0.15, -0.1) is 0 Å². The Hall–Kier alpha value is -5.12. The average molecular weight is 577 g/mol. The van der Waals surface area contributed by atoms with Crippen LogP contribution in [0.15, 0.2) is 145 Å². The van der Waals surface area contributed by atoms with E-state index in [-0.39, 0.29) is 0 Å². The van der Waals surface area contributed by atoms with E-state index in [1.54, 1.807) is 0 Å². The number of rotatable bonds is 5. The molecule has 43 heavy (non-hydrogen) atoms. The van der Waals surface area contributed by atoms with Crippen LogP contribution < -0.4 is 16.0 Å². The zero-order valence-electron chi connectivity index (χ0n) is 23.6.